The molecule has 0 aromatic carbocycles. The monoisotopic (exact) mass is 353 g/mol. The van der Waals surface area contributed by atoms with Crippen LogP contribution in [0.25, 0.3) is 0 Å². The Morgan fingerprint density at radius 1 is 1.00 bits per heavy atom. The predicted octanol–water partition coefficient (Wildman–Crippen LogP) is -5.25. The fraction of sp³-hybridized carbons (Fsp3) is 0.500. The quantitative estimate of drug-likeness (QED) is 0.521. The van der Waals surface area contributed by atoms with Gasteiger partial charge < -0.3 is 34.8 Å². The zero-order chi connectivity index (χ0) is 10.6. The Bertz CT molecular complexity index is 233. The summed E-state index contributed by atoms with van der Waals surface area (Å²) in [4.78, 5) is 30.0. The van der Waals surface area contributed by atoms with Gasteiger partial charge in [-0.3, -0.25) is 0 Å². The molecule has 0 fully saturated rings. The number of carboxylic acids is 3. The van der Waals surface area contributed by atoms with Crippen LogP contribution in [-0.2, 0) is 14.4 Å². The molecule has 14 heavy (non-hydrogen) atoms. The van der Waals surface area contributed by atoms with Gasteiger partial charge in [-0.05, 0) is 0 Å². The summed E-state index contributed by atoms with van der Waals surface area (Å²) in [5, 5.41) is 38.9. The molecule has 0 unspecified atom stereocenters. The minimum absolute atomic E-state index is 0. The van der Waals surface area contributed by atoms with Gasteiger partial charge in [0.15, 0.2) is 0 Å². The van der Waals surface area contributed by atoms with Crippen LogP contribution in [0.15, 0.2) is 0 Å². The first kappa shape index (κ1) is 16.1. The number of aliphatic carboxylic acids is 3. The van der Waals surface area contributed by atoms with Crippen LogP contribution < -0.4 is 15.3 Å². The number of carbonyl (C=O) groups excluding carboxylic acids is 3. The summed E-state index contributed by atoms with van der Waals surface area (Å²) < 4.78 is 0. The first-order valence-electron chi connectivity index (χ1n) is 3.11. The average Bonchev–Trinajstić information content (AvgIpc) is 1.82. The van der Waals surface area contributed by atoms with Crippen molar-refractivity contribution in [3.05, 3.63) is 0 Å². The zero-order valence-electron chi connectivity index (χ0n) is 6.63. The second-order valence-electron chi connectivity index (χ2n) is 2.42. The third-order valence-corrected chi connectivity index (χ3v) is 1.25. The first-order valence-corrected chi connectivity index (χ1v) is 3.11. The molecule has 1 radical (unpaired) electrons. The third kappa shape index (κ3) is 5.39. The van der Waals surface area contributed by atoms with Gasteiger partial charge in [-0.1, -0.05) is 0 Å². The van der Waals surface area contributed by atoms with Gasteiger partial charge in [0.05, 0.1) is 5.97 Å². The molecule has 0 amide bonds. The van der Waals surface area contributed by atoms with Crippen LogP contribution in [0, 0.1) is 38.2 Å². The summed E-state index contributed by atoms with van der Waals surface area (Å²) in [6, 6.07) is 0. The van der Waals surface area contributed by atoms with Crippen molar-refractivity contribution in [3.8, 4) is 0 Å². The largest absolute Gasteiger partial charge is 3.00 e. The topological polar surface area (TPSA) is 141 Å². The summed E-state index contributed by atoms with van der Waals surface area (Å²) in [7, 11) is 0. The van der Waals surface area contributed by atoms with Crippen LogP contribution in [0.5, 0.6) is 0 Å². The summed E-state index contributed by atoms with van der Waals surface area (Å²) in [5.41, 5.74) is -2.97. The van der Waals surface area contributed by atoms with Crippen molar-refractivity contribution in [2.45, 2.75) is 18.4 Å². The van der Waals surface area contributed by atoms with Crippen molar-refractivity contribution in [2.75, 3.05) is 0 Å². The summed E-state index contributed by atoms with van der Waals surface area (Å²) >= 11 is 0. The van der Waals surface area contributed by atoms with E-state index in [4.69, 9.17) is 5.11 Å². The van der Waals surface area contributed by atoms with E-state index in [1.165, 1.54) is 0 Å². The summed E-state index contributed by atoms with van der Waals surface area (Å²) in [6.07, 6.45) is -2.72. The van der Waals surface area contributed by atoms with Gasteiger partial charge in [0.25, 0.3) is 0 Å². The maximum Gasteiger partial charge on any atom is 3.00 e. The van der Waals surface area contributed by atoms with E-state index in [0.29, 0.717) is 0 Å². The number of hydrogen-bond donors (Lipinski definition) is 1. The Hall–Kier alpha value is -0.357. The van der Waals surface area contributed by atoms with E-state index < -0.39 is 36.4 Å². The Morgan fingerprint density at radius 3 is 1.43 bits per heavy atom. The fourth-order valence-electron chi connectivity index (χ4n) is 0.684. The van der Waals surface area contributed by atoms with Gasteiger partial charge >= 0.3 is 38.2 Å². The van der Waals surface area contributed by atoms with E-state index in [1.807, 2.05) is 0 Å². The minimum atomic E-state index is -2.97. The molecule has 8 heteroatoms. The smallest absolute Gasteiger partial charge is 0.550 e. The Labute approximate surface area is 109 Å². The molecule has 0 aliphatic rings. The molecular weight excluding hydrogens is 347 g/mol. The van der Waals surface area contributed by atoms with Gasteiger partial charge in [-0.15, -0.1) is 0 Å². The molecule has 0 atom stereocenters. The molecule has 7 nitrogen and oxygen atoms in total. The second-order valence-corrected chi connectivity index (χ2v) is 2.42. The Morgan fingerprint density at radius 2 is 1.29 bits per heavy atom. The van der Waals surface area contributed by atoms with E-state index in [2.05, 4.69) is 0 Å². The van der Waals surface area contributed by atoms with Crippen molar-refractivity contribution >= 4 is 17.9 Å². The first-order chi connectivity index (χ1) is 5.78. The predicted molar refractivity (Wildman–Crippen MR) is 29.2 cm³/mol. The van der Waals surface area contributed by atoms with Crippen molar-refractivity contribution in [2.24, 2.45) is 0 Å². The van der Waals surface area contributed by atoms with Gasteiger partial charge in [0.1, 0.15) is 5.60 Å². The van der Waals surface area contributed by atoms with E-state index in [1.54, 1.807) is 0 Å². The van der Waals surface area contributed by atoms with Crippen molar-refractivity contribution < 1.29 is 73.0 Å². The number of carboxylic acid groups (broad SMARTS) is 3. The van der Waals surface area contributed by atoms with Gasteiger partial charge in [0, 0.05) is 24.8 Å². The van der Waals surface area contributed by atoms with E-state index in [9.17, 15) is 29.7 Å². The number of hydrogen-bond acceptors (Lipinski definition) is 7. The van der Waals surface area contributed by atoms with Crippen LogP contribution in [0.2, 0.25) is 0 Å². The zero-order valence-corrected chi connectivity index (χ0v) is 8.66. The van der Waals surface area contributed by atoms with Crippen molar-refractivity contribution in [3.63, 3.8) is 0 Å². The maximum atomic E-state index is 10.1. The van der Waals surface area contributed by atoms with Crippen molar-refractivity contribution in [1.29, 1.82) is 0 Å². The molecule has 0 saturated heterocycles. The molecule has 0 spiro atoms. The summed E-state index contributed by atoms with van der Waals surface area (Å²) in [5.74, 6) is -5.98. The summed E-state index contributed by atoms with van der Waals surface area (Å²) in [6.45, 7) is 0. The maximum absolute atomic E-state index is 10.1. The van der Waals surface area contributed by atoms with Crippen molar-refractivity contribution in [1.82, 2.24) is 0 Å². The van der Waals surface area contributed by atoms with Crippen LogP contribution in [0.4, 0.5) is 0 Å². The Balaban J connectivity index is 0. The molecule has 0 rings (SSSR count). The van der Waals surface area contributed by atoms with Gasteiger partial charge in [-0.2, -0.15) is 0 Å². The van der Waals surface area contributed by atoms with Crippen LogP contribution in [0.3, 0.4) is 0 Å². The molecule has 81 valence electrons. The van der Waals surface area contributed by atoms with Crippen LogP contribution in [-0.4, -0.2) is 28.6 Å². The second kappa shape index (κ2) is 6.19. The van der Waals surface area contributed by atoms with E-state index >= 15 is 0 Å². The molecule has 0 aromatic heterocycles. The average molecular weight is 352 g/mol. The molecule has 0 heterocycles. The minimum Gasteiger partial charge on any atom is -0.550 e. The SMILES string of the molecule is O=C([O-])CC(O)(CC(=O)[O-])C(=O)[O-].[Dy+3]. The molecular formula is C6H5DyO7. The van der Waals surface area contributed by atoms with Gasteiger partial charge in [0.2, 0.25) is 0 Å². The van der Waals surface area contributed by atoms with Gasteiger partial charge in [-0.25, -0.2) is 0 Å². The number of aliphatic hydroxyl groups is 1. The van der Waals surface area contributed by atoms with Crippen LogP contribution >= 0.6 is 0 Å². The molecule has 0 aliphatic heterocycles. The molecule has 0 saturated carbocycles. The molecule has 0 aliphatic carbocycles. The van der Waals surface area contributed by atoms with E-state index in [0.717, 1.165) is 0 Å². The molecule has 0 bridgehead atoms. The Kier molecular flexibility index (Phi) is 7.11. The van der Waals surface area contributed by atoms with Crippen LogP contribution in [0.1, 0.15) is 12.8 Å². The molecule has 0 aromatic rings. The molecule has 1 N–H and O–H groups in total. The fourth-order valence-corrected chi connectivity index (χ4v) is 0.684. The third-order valence-electron chi connectivity index (χ3n) is 1.25. The van der Waals surface area contributed by atoms with E-state index in [-0.39, 0.29) is 38.2 Å². The number of rotatable bonds is 5. The number of carbonyl (C=O) groups is 3. The standard InChI is InChI=1S/C6H8O7.Dy/c7-3(8)1-6(13,5(11)12)2-4(9)10;/h13H,1-2H2,(H,7,8)(H,9,10)(H,11,12);/q;+3/p-3. The normalized spacial score (nSPS) is 10.1.